The minimum absolute atomic E-state index is 0.245. The summed E-state index contributed by atoms with van der Waals surface area (Å²) in [5.41, 5.74) is 1.11. The van der Waals surface area contributed by atoms with Crippen LogP contribution in [0.5, 0.6) is 0 Å². The van der Waals surface area contributed by atoms with Crippen molar-refractivity contribution in [3.63, 3.8) is 0 Å². The number of carbonyl (C=O) groups excluding carboxylic acids is 2. The average molecular weight is 413 g/mol. The number of amides is 2. The maximum atomic E-state index is 12.7. The largest absolute Gasteiger partial charge is 0.356 e. The van der Waals surface area contributed by atoms with Gasteiger partial charge in [-0.15, -0.1) is 11.3 Å². The van der Waals surface area contributed by atoms with Gasteiger partial charge < -0.3 is 19.9 Å². The van der Waals surface area contributed by atoms with Crippen LogP contribution in [0.2, 0.25) is 0 Å². The summed E-state index contributed by atoms with van der Waals surface area (Å²) in [5, 5.41) is 15.6. The highest BCUT2D eigenvalue weighted by molar-refractivity contribution is 7.13. The van der Waals surface area contributed by atoms with Gasteiger partial charge in [-0.2, -0.15) is 0 Å². The zero-order chi connectivity index (χ0) is 20.7. The van der Waals surface area contributed by atoms with E-state index in [1.54, 1.807) is 32.4 Å². The van der Waals surface area contributed by atoms with E-state index in [0.29, 0.717) is 11.6 Å². The van der Waals surface area contributed by atoms with Crippen LogP contribution in [0, 0.1) is 0 Å². The molecule has 1 aliphatic rings. The molecule has 3 aromatic heterocycles. The van der Waals surface area contributed by atoms with Crippen LogP contribution in [0.15, 0.2) is 36.2 Å². The summed E-state index contributed by atoms with van der Waals surface area (Å²) in [6, 6.07) is 2.82. The van der Waals surface area contributed by atoms with E-state index >= 15 is 0 Å². The number of anilines is 2. The van der Waals surface area contributed by atoms with Crippen LogP contribution in [0.4, 0.5) is 11.6 Å². The fraction of sp³-hybridized carbons (Fsp3) is 0.278. The van der Waals surface area contributed by atoms with E-state index in [1.807, 2.05) is 11.4 Å². The number of hydrogen-bond acceptors (Lipinski definition) is 8. The Morgan fingerprint density at radius 2 is 2.03 bits per heavy atom. The fourth-order valence-corrected chi connectivity index (χ4v) is 3.70. The predicted molar refractivity (Wildman–Crippen MR) is 107 cm³/mol. The number of pyridine rings is 1. The van der Waals surface area contributed by atoms with Crippen LogP contribution in [-0.2, 0) is 4.79 Å². The number of aliphatic hydroxyl groups excluding tert-OH is 1. The first-order chi connectivity index (χ1) is 13.9. The molecular weight excluding hydrogens is 394 g/mol. The van der Waals surface area contributed by atoms with Crippen molar-refractivity contribution in [3.8, 4) is 10.6 Å². The van der Waals surface area contributed by atoms with Gasteiger partial charge in [0.05, 0.1) is 6.33 Å². The molecule has 150 valence electrons. The fourth-order valence-electron chi connectivity index (χ4n) is 3.07. The van der Waals surface area contributed by atoms with E-state index in [0.717, 1.165) is 10.6 Å². The lowest BCUT2D eigenvalue weighted by Gasteiger charge is -2.36. The van der Waals surface area contributed by atoms with Crippen LogP contribution in [0.3, 0.4) is 0 Å². The molecular formula is C18H19N7O3S. The number of rotatable bonds is 4. The molecule has 2 atom stereocenters. The summed E-state index contributed by atoms with van der Waals surface area (Å²) >= 11 is 1.51. The van der Waals surface area contributed by atoms with Crippen LogP contribution >= 0.6 is 11.3 Å². The third-order valence-corrected chi connectivity index (χ3v) is 5.64. The molecule has 3 aromatic rings. The Kier molecular flexibility index (Phi) is 4.76. The number of carbonyl (C=O) groups is 2. The van der Waals surface area contributed by atoms with Crippen molar-refractivity contribution in [3.05, 3.63) is 41.9 Å². The Bertz CT molecular complexity index is 1050. The summed E-state index contributed by atoms with van der Waals surface area (Å²) in [4.78, 5) is 40.7. The van der Waals surface area contributed by atoms with Crippen LogP contribution in [-0.4, -0.2) is 61.8 Å². The lowest BCUT2D eigenvalue weighted by Crippen LogP contribution is -2.52. The maximum absolute atomic E-state index is 12.7. The monoisotopic (exact) mass is 413 g/mol. The van der Waals surface area contributed by atoms with Crippen molar-refractivity contribution in [2.45, 2.75) is 19.3 Å². The molecule has 0 fully saturated rings. The number of nitrogens with zero attached hydrogens (tertiary/aromatic N) is 6. The van der Waals surface area contributed by atoms with Gasteiger partial charge in [0.2, 0.25) is 12.3 Å². The summed E-state index contributed by atoms with van der Waals surface area (Å²) in [7, 11) is 3.12. The van der Waals surface area contributed by atoms with E-state index in [4.69, 9.17) is 0 Å². The first-order valence-corrected chi connectivity index (χ1v) is 9.68. The molecule has 0 saturated heterocycles. The normalized spacial score (nSPS) is 17.2. The number of aliphatic hydroxyl groups is 1. The second-order valence-corrected chi connectivity index (χ2v) is 7.53. The standard InChI is InChI=1S/C18H19N7O3S/c1-10(25-9-21-14-13(25)17(27)24(3)18(28)23(14)2)15(26)22-12-5-4-11(8-20-12)16-19-6-7-29-16/h4-10,18,28H,1-3H3,(H,20,22,26)/t10-,18?/m0/s1. The molecule has 11 heteroatoms. The summed E-state index contributed by atoms with van der Waals surface area (Å²) in [5.74, 6) is -0.0316. The van der Waals surface area contributed by atoms with Gasteiger partial charge in [-0.25, -0.2) is 15.0 Å². The number of nitrogens with one attached hydrogen (secondary N) is 1. The van der Waals surface area contributed by atoms with E-state index < -0.39 is 18.3 Å². The SMILES string of the molecule is C[C@@H](C(=O)Nc1ccc(-c2nccs2)cn1)n1cnc2c1C(=O)N(C)C(O)N2C. The van der Waals surface area contributed by atoms with Gasteiger partial charge in [0.25, 0.3) is 5.91 Å². The smallest absolute Gasteiger partial charge is 0.277 e. The molecule has 0 radical (unpaired) electrons. The molecule has 0 aliphatic carbocycles. The van der Waals surface area contributed by atoms with Crippen molar-refractivity contribution in [2.75, 3.05) is 24.3 Å². The molecule has 4 rings (SSSR count). The molecule has 29 heavy (non-hydrogen) atoms. The second kappa shape index (κ2) is 7.26. The topological polar surface area (TPSA) is 116 Å². The van der Waals surface area contributed by atoms with Gasteiger partial charge in [-0.3, -0.25) is 14.5 Å². The Balaban J connectivity index is 1.54. The number of hydrogen-bond donors (Lipinski definition) is 2. The van der Waals surface area contributed by atoms with Crippen molar-refractivity contribution in [2.24, 2.45) is 0 Å². The predicted octanol–water partition coefficient (Wildman–Crippen LogP) is 1.40. The Hall–Kier alpha value is -3.31. The van der Waals surface area contributed by atoms with Gasteiger partial charge in [-0.05, 0) is 19.1 Å². The van der Waals surface area contributed by atoms with Gasteiger partial charge in [0.15, 0.2) is 11.5 Å². The van der Waals surface area contributed by atoms with Gasteiger partial charge in [-0.1, -0.05) is 0 Å². The molecule has 4 heterocycles. The molecule has 0 bridgehead atoms. The maximum Gasteiger partial charge on any atom is 0.277 e. The molecule has 2 N–H and O–H groups in total. The highest BCUT2D eigenvalue weighted by atomic mass is 32.1. The van der Waals surface area contributed by atoms with E-state index in [1.165, 1.54) is 39.1 Å². The zero-order valence-corrected chi connectivity index (χ0v) is 16.8. The third-order valence-electron chi connectivity index (χ3n) is 4.81. The second-order valence-electron chi connectivity index (χ2n) is 6.63. The lowest BCUT2D eigenvalue weighted by molar-refractivity contribution is -0.118. The van der Waals surface area contributed by atoms with E-state index in [9.17, 15) is 14.7 Å². The molecule has 10 nitrogen and oxygen atoms in total. The first kappa shape index (κ1) is 19.0. The third kappa shape index (κ3) is 3.23. The molecule has 0 spiro atoms. The number of aromatic nitrogens is 4. The first-order valence-electron chi connectivity index (χ1n) is 8.80. The molecule has 2 amide bonds. The highest BCUT2D eigenvalue weighted by Gasteiger charge is 2.37. The summed E-state index contributed by atoms with van der Waals surface area (Å²) in [6.07, 6.45) is 3.68. The number of thiazole rings is 1. The Labute approximate surface area is 170 Å². The van der Waals surface area contributed by atoms with E-state index in [-0.39, 0.29) is 11.6 Å². The van der Waals surface area contributed by atoms with Crippen molar-refractivity contribution in [1.82, 2.24) is 24.4 Å². The molecule has 0 aromatic carbocycles. The van der Waals surface area contributed by atoms with Gasteiger partial charge >= 0.3 is 0 Å². The van der Waals surface area contributed by atoms with Gasteiger partial charge in [0, 0.05) is 37.4 Å². The molecule has 1 unspecified atom stereocenters. The minimum atomic E-state index is -1.11. The van der Waals surface area contributed by atoms with Crippen LogP contribution < -0.4 is 10.2 Å². The van der Waals surface area contributed by atoms with Crippen molar-refractivity contribution < 1.29 is 14.7 Å². The summed E-state index contributed by atoms with van der Waals surface area (Å²) < 4.78 is 1.50. The average Bonchev–Trinajstić information content (AvgIpc) is 3.41. The van der Waals surface area contributed by atoms with Crippen LogP contribution in [0.25, 0.3) is 10.6 Å². The van der Waals surface area contributed by atoms with E-state index in [2.05, 4.69) is 20.3 Å². The quantitative estimate of drug-likeness (QED) is 0.664. The lowest BCUT2D eigenvalue weighted by atomic mass is 10.2. The summed E-state index contributed by atoms with van der Waals surface area (Å²) in [6.45, 7) is 1.67. The minimum Gasteiger partial charge on any atom is -0.356 e. The number of imidazole rings is 1. The molecule has 1 aliphatic heterocycles. The Morgan fingerprint density at radius 1 is 1.24 bits per heavy atom. The zero-order valence-electron chi connectivity index (χ0n) is 16.0. The molecule has 0 saturated carbocycles. The number of fused-ring (bicyclic) bond motifs is 1. The van der Waals surface area contributed by atoms with Crippen molar-refractivity contribution >= 4 is 34.8 Å². The Morgan fingerprint density at radius 3 is 2.69 bits per heavy atom. The highest BCUT2D eigenvalue weighted by Crippen LogP contribution is 2.29. The van der Waals surface area contributed by atoms with Gasteiger partial charge in [0.1, 0.15) is 16.9 Å². The van der Waals surface area contributed by atoms with Crippen molar-refractivity contribution in [1.29, 1.82) is 0 Å². The van der Waals surface area contributed by atoms with Crippen LogP contribution in [0.1, 0.15) is 23.5 Å².